The summed E-state index contributed by atoms with van der Waals surface area (Å²) < 4.78 is 0. The van der Waals surface area contributed by atoms with Gasteiger partial charge in [-0.1, -0.05) is 36.8 Å². The van der Waals surface area contributed by atoms with Crippen LogP contribution in [0.2, 0.25) is 0 Å². The summed E-state index contributed by atoms with van der Waals surface area (Å²) in [6.45, 7) is 3.06. The Kier molecular flexibility index (Phi) is 5.81. The van der Waals surface area contributed by atoms with Gasteiger partial charge in [0.15, 0.2) is 0 Å². The van der Waals surface area contributed by atoms with Gasteiger partial charge in [0.1, 0.15) is 0 Å². The van der Waals surface area contributed by atoms with E-state index in [0.29, 0.717) is 6.04 Å². The summed E-state index contributed by atoms with van der Waals surface area (Å²) in [6, 6.07) is 11.3. The number of likely N-dealkylation sites (tertiary alicyclic amines) is 1. The van der Waals surface area contributed by atoms with Gasteiger partial charge in [-0.25, -0.2) is 0 Å². The van der Waals surface area contributed by atoms with E-state index >= 15 is 0 Å². The number of nitrogens with zero attached hydrogens (tertiary/aromatic N) is 1. The van der Waals surface area contributed by atoms with Crippen molar-refractivity contribution in [1.82, 2.24) is 4.90 Å². The maximum absolute atomic E-state index is 5.81. The molecule has 1 saturated heterocycles. The minimum Gasteiger partial charge on any atom is -0.329 e. The molecule has 1 aliphatic heterocycles. The fourth-order valence-corrected chi connectivity index (χ4v) is 2.35. The molecule has 3 heteroatoms. The normalized spacial score (nSPS) is 21.4. The van der Waals surface area contributed by atoms with Gasteiger partial charge in [-0.05, 0) is 24.9 Å². The largest absolute Gasteiger partial charge is 0.329 e. The van der Waals surface area contributed by atoms with Crippen LogP contribution in [-0.4, -0.2) is 24.0 Å². The summed E-state index contributed by atoms with van der Waals surface area (Å²) in [5.74, 6) is 0. The van der Waals surface area contributed by atoms with Crippen LogP contribution in [0.15, 0.2) is 30.3 Å². The summed E-state index contributed by atoms with van der Waals surface area (Å²) in [6.07, 6.45) is 3.93. The maximum Gasteiger partial charge on any atom is 0.0237 e. The highest BCUT2D eigenvalue weighted by Gasteiger charge is 2.20. The molecule has 1 aromatic carbocycles. The van der Waals surface area contributed by atoms with Crippen LogP contribution in [-0.2, 0) is 6.54 Å². The number of piperidine rings is 1. The molecule has 0 aliphatic carbocycles. The van der Waals surface area contributed by atoms with Gasteiger partial charge < -0.3 is 5.73 Å². The standard InChI is InChI=1S/C13H20N2.ClH/c14-10-13-8-4-5-9-15(13)11-12-6-2-1-3-7-12;/h1-3,6-7,13H,4-5,8-11,14H2;1H. The lowest BCUT2D eigenvalue weighted by Gasteiger charge is -2.34. The molecule has 1 aliphatic rings. The lowest BCUT2D eigenvalue weighted by atomic mass is 10.0. The first-order chi connectivity index (χ1) is 7.40. The van der Waals surface area contributed by atoms with Crippen LogP contribution in [0.4, 0.5) is 0 Å². The molecule has 2 rings (SSSR count). The van der Waals surface area contributed by atoms with E-state index in [1.807, 2.05) is 0 Å². The predicted molar refractivity (Wildman–Crippen MR) is 70.8 cm³/mol. The van der Waals surface area contributed by atoms with Crippen LogP contribution in [0.25, 0.3) is 0 Å². The van der Waals surface area contributed by atoms with Crippen molar-refractivity contribution in [1.29, 1.82) is 0 Å². The van der Waals surface area contributed by atoms with Crippen LogP contribution in [0.5, 0.6) is 0 Å². The summed E-state index contributed by atoms with van der Waals surface area (Å²) >= 11 is 0. The van der Waals surface area contributed by atoms with Gasteiger partial charge in [-0.15, -0.1) is 12.4 Å². The molecule has 16 heavy (non-hydrogen) atoms. The molecule has 0 saturated carbocycles. The Morgan fingerprint density at radius 2 is 1.94 bits per heavy atom. The monoisotopic (exact) mass is 240 g/mol. The molecule has 2 N–H and O–H groups in total. The Hall–Kier alpha value is -0.570. The second kappa shape index (κ2) is 6.89. The lowest BCUT2D eigenvalue weighted by Crippen LogP contribution is -2.43. The van der Waals surface area contributed by atoms with E-state index in [0.717, 1.165) is 13.1 Å². The molecule has 1 atom stereocenters. The van der Waals surface area contributed by atoms with Crippen molar-refractivity contribution in [2.75, 3.05) is 13.1 Å². The lowest BCUT2D eigenvalue weighted by molar-refractivity contribution is 0.145. The van der Waals surface area contributed by atoms with Crippen molar-refractivity contribution in [3.05, 3.63) is 35.9 Å². The zero-order valence-electron chi connectivity index (χ0n) is 9.64. The number of rotatable bonds is 3. The highest BCUT2D eigenvalue weighted by Crippen LogP contribution is 2.18. The molecule has 0 spiro atoms. The third kappa shape index (κ3) is 3.48. The number of hydrogen-bond acceptors (Lipinski definition) is 2. The third-order valence-electron chi connectivity index (χ3n) is 3.25. The fourth-order valence-electron chi connectivity index (χ4n) is 2.35. The molecule has 0 amide bonds. The zero-order chi connectivity index (χ0) is 10.5. The van der Waals surface area contributed by atoms with Gasteiger partial charge in [0, 0.05) is 19.1 Å². The minimum atomic E-state index is 0. The van der Waals surface area contributed by atoms with Gasteiger partial charge in [-0.3, -0.25) is 4.90 Å². The van der Waals surface area contributed by atoms with E-state index in [9.17, 15) is 0 Å². The van der Waals surface area contributed by atoms with E-state index in [2.05, 4.69) is 35.2 Å². The van der Waals surface area contributed by atoms with E-state index < -0.39 is 0 Å². The first-order valence-electron chi connectivity index (χ1n) is 5.88. The van der Waals surface area contributed by atoms with Crippen LogP contribution in [0.3, 0.4) is 0 Å². The van der Waals surface area contributed by atoms with Crippen molar-refractivity contribution >= 4 is 12.4 Å². The molecule has 0 aromatic heterocycles. The number of nitrogens with two attached hydrogens (primary N) is 1. The van der Waals surface area contributed by atoms with Gasteiger partial charge in [0.25, 0.3) is 0 Å². The van der Waals surface area contributed by atoms with Crippen LogP contribution in [0, 0.1) is 0 Å². The van der Waals surface area contributed by atoms with E-state index in [1.165, 1.54) is 31.4 Å². The van der Waals surface area contributed by atoms with Crippen LogP contribution in [0.1, 0.15) is 24.8 Å². The van der Waals surface area contributed by atoms with Crippen molar-refractivity contribution < 1.29 is 0 Å². The van der Waals surface area contributed by atoms with E-state index in [1.54, 1.807) is 0 Å². The highest BCUT2D eigenvalue weighted by molar-refractivity contribution is 5.85. The first-order valence-corrected chi connectivity index (χ1v) is 5.88. The molecule has 0 bridgehead atoms. The molecule has 1 unspecified atom stereocenters. The minimum absolute atomic E-state index is 0. The fraction of sp³-hybridized carbons (Fsp3) is 0.538. The maximum atomic E-state index is 5.81. The summed E-state index contributed by atoms with van der Waals surface area (Å²) in [4.78, 5) is 2.53. The number of hydrogen-bond donors (Lipinski definition) is 1. The third-order valence-corrected chi connectivity index (χ3v) is 3.25. The highest BCUT2D eigenvalue weighted by atomic mass is 35.5. The van der Waals surface area contributed by atoms with Crippen molar-refractivity contribution in [3.63, 3.8) is 0 Å². The number of benzene rings is 1. The Bertz CT molecular complexity index is 289. The second-order valence-electron chi connectivity index (χ2n) is 4.34. The summed E-state index contributed by atoms with van der Waals surface area (Å²) in [7, 11) is 0. The Balaban J connectivity index is 0.00000128. The average molecular weight is 241 g/mol. The van der Waals surface area contributed by atoms with E-state index in [-0.39, 0.29) is 12.4 Å². The Morgan fingerprint density at radius 3 is 2.62 bits per heavy atom. The molecule has 2 nitrogen and oxygen atoms in total. The first kappa shape index (κ1) is 13.5. The average Bonchev–Trinajstić information content (AvgIpc) is 2.31. The molecule has 90 valence electrons. The van der Waals surface area contributed by atoms with Crippen LogP contribution >= 0.6 is 12.4 Å². The van der Waals surface area contributed by atoms with Gasteiger partial charge in [0.05, 0.1) is 0 Å². The van der Waals surface area contributed by atoms with Gasteiger partial charge in [0.2, 0.25) is 0 Å². The molecular weight excluding hydrogens is 220 g/mol. The molecule has 1 heterocycles. The van der Waals surface area contributed by atoms with Crippen molar-refractivity contribution in [2.24, 2.45) is 5.73 Å². The zero-order valence-corrected chi connectivity index (χ0v) is 10.5. The van der Waals surface area contributed by atoms with Crippen LogP contribution < -0.4 is 5.73 Å². The van der Waals surface area contributed by atoms with Gasteiger partial charge in [-0.2, -0.15) is 0 Å². The molecule has 1 aromatic rings. The summed E-state index contributed by atoms with van der Waals surface area (Å²) in [5, 5.41) is 0. The number of halogens is 1. The van der Waals surface area contributed by atoms with Gasteiger partial charge >= 0.3 is 0 Å². The quantitative estimate of drug-likeness (QED) is 0.880. The molecular formula is C13H21ClN2. The Labute approximate surface area is 104 Å². The molecule has 1 fully saturated rings. The van der Waals surface area contributed by atoms with E-state index in [4.69, 9.17) is 5.73 Å². The van der Waals surface area contributed by atoms with Crippen molar-refractivity contribution in [2.45, 2.75) is 31.8 Å². The molecule has 0 radical (unpaired) electrons. The topological polar surface area (TPSA) is 29.3 Å². The smallest absolute Gasteiger partial charge is 0.0237 e. The summed E-state index contributed by atoms with van der Waals surface area (Å²) in [5.41, 5.74) is 7.21. The SMILES string of the molecule is Cl.NCC1CCCCN1Cc1ccccc1. The predicted octanol–water partition coefficient (Wildman–Crippen LogP) is 2.42. The Morgan fingerprint density at radius 1 is 1.19 bits per heavy atom. The van der Waals surface area contributed by atoms with Crippen molar-refractivity contribution in [3.8, 4) is 0 Å². The second-order valence-corrected chi connectivity index (χ2v) is 4.34.